The molecule has 5 aromatic rings. The van der Waals surface area contributed by atoms with E-state index in [1.807, 2.05) is 88.4 Å². The topological polar surface area (TPSA) is 46.5 Å². The smallest absolute Gasteiger partial charge is 0.119 e. The average Bonchev–Trinajstić information content (AvgIpc) is 3.53. The molecular weight excluding hydrogens is 667 g/mol. The summed E-state index contributed by atoms with van der Waals surface area (Å²) < 4.78 is 18.3. The zero-order chi connectivity index (χ0) is 38.2. The minimum Gasteiger partial charge on any atom is -0.492 e. The monoisotopic (exact) mass is 727 g/mol. The van der Waals surface area contributed by atoms with Gasteiger partial charge in [-0.1, -0.05) is 120 Å². The van der Waals surface area contributed by atoms with Crippen molar-refractivity contribution in [2.45, 2.75) is 86.5 Å². The van der Waals surface area contributed by atoms with Crippen LogP contribution in [0.1, 0.15) is 89.0 Å². The highest BCUT2D eigenvalue weighted by Gasteiger charge is 2.12. The SMILES string of the molecule is CC.CC.CCC(=NN(Cc1ccc(OCCN2CCCCCC2)cc1)c1ccc(OCc2ccccc2)cc1)c1ccc(OCc2ccccc2)cc1. The lowest BCUT2D eigenvalue weighted by atomic mass is 10.1. The van der Waals surface area contributed by atoms with E-state index in [4.69, 9.17) is 19.3 Å². The number of anilines is 1. The van der Waals surface area contributed by atoms with Gasteiger partial charge in [-0.2, -0.15) is 5.10 Å². The molecular formula is C48H61N3O3. The highest BCUT2D eigenvalue weighted by molar-refractivity contribution is 6.01. The number of nitrogens with zero attached hydrogens (tertiary/aromatic N) is 3. The summed E-state index contributed by atoms with van der Waals surface area (Å²) in [5.41, 5.74) is 6.49. The third-order valence-corrected chi connectivity index (χ3v) is 9.03. The second kappa shape index (κ2) is 24.3. The molecule has 6 nitrogen and oxygen atoms in total. The normalized spacial score (nSPS) is 12.9. The van der Waals surface area contributed by atoms with Crippen LogP contribution in [-0.2, 0) is 19.8 Å². The molecule has 5 aromatic carbocycles. The maximum Gasteiger partial charge on any atom is 0.119 e. The van der Waals surface area contributed by atoms with Crippen molar-refractivity contribution in [1.29, 1.82) is 0 Å². The van der Waals surface area contributed by atoms with E-state index in [0.717, 1.165) is 63.9 Å². The van der Waals surface area contributed by atoms with Crippen molar-refractivity contribution in [3.63, 3.8) is 0 Å². The van der Waals surface area contributed by atoms with Crippen LogP contribution < -0.4 is 19.2 Å². The molecule has 0 spiro atoms. The molecule has 54 heavy (non-hydrogen) atoms. The van der Waals surface area contributed by atoms with Gasteiger partial charge in [0.25, 0.3) is 0 Å². The number of hydrogen-bond acceptors (Lipinski definition) is 6. The van der Waals surface area contributed by atoms with Crippen LogP contribution in [0.4, 0.5) is 5.69 Å². The quantitative estimate of drug-likeness (QED) is 0.0748. The molecule has 0 bridgehead atoms. The van der Waals surface area contributed by atoms with E-state index in [0.29, 0.717) is 26.4 Å². The molecule has 0 unspecified atom stereocenters. The van der Waals surface area contributed by atoms with Crippen LogP contribution in [0, 0.1) is 0 Å². The number of benzene rings is 5. The lowest BCUT2D eigenvalue weighted by Gasteiger charge is -2.22. The van der Waals surface area contributed by atoms with E-state index in [2.05, 4.69) is 89.6 Å². The maximum absolute atomic E-state index is 6.15. The van der Waals surface area contributed by atoms with Gasteiger partial charge in [0, 0.05) is 6.54 Å². The van der Waals surface area contributed by atoms with Crippen molar-refractivity contribution in [3.05, 3.63) is 156 Å². The second-order valence-electron chi connectivity index (χ2n) is 12.8. The Kier molecular flexibility index (Phi) is 18.7. The molecule has 286 valence electrons. The largest absolute Gasteiger partial charge is 0.492 e. The molecule has 0 aromatic heterocycles. The van der Waals surface area contributed by atoms with E-state index in [1.54, 1.807) is 0 Å². The molecule has 0 amide bonds. The van der Waals surface area contributed by atoms with Gasteiger partial charge in [0.15, 0.2) is 0 Å². The first-order valence-electron chi connectivity index (χ1n) is 20.0. The summed E-state index contributed by atoms with van der Waals surface area (Å²) >= 11 is 0. The van der Waals surface area contributed by atoms with Crippen molar-refractivity contribution in [2.24, 2.45) is 5.10 Å². The van der Waals surface area contributed by atoms with E-state index < -0.39 is 0 Å². The Hall–Kier alpha value is -5.07. The van der Waals surface area contributed by atoms with Crippen LogP contribution in [0.3, 0.4) is 0 Å². The third kappa shape index (κ3) is 14.1. The fourth-order valence-electron chi connectivity index (χ4n) is 6.12. The fraction of sp³-hybridized carbons (Fsp3) is 0.354. The van der Waals surface area contributed by atoms with Gasteiger partial charge in [0.2, 0.25) is 0 Å². The third-order valence-electron chi connectivity index (χ3n) is 9.03. The van der Waals surface area contributed by atoms with E-state index in [9.17, 15) is 0 Å². The molecule has 0 atom stereocenters. The van der Waals surface area contributed by atoms with E-state index in [1.165, 1.54) is 38.8 Å². The molecule has 1 saturated heterocycles. The summed E-state index contributed by atoms with van der Waals surface area (Å²) in [4.78, 5) is 2.53. The average molecular weight is 728 g/mol. The summed E-state index contributed by atoms with van der Waals surface area (Å²) in [7, 11) is 0. The first kappa shape index (κ1) is 41.7. The van der Waals surface area contributed by atoms with Crippen LogP contribution in [0.2, 0.25) is 0 Å². The zero-order valence-corrected chi connectivity index (χ0v) is 33.3. The van der Waals surface area contributed by atoms with Crippen molar-refractivity contribution < 1.29 is 14.2 Å². The molecule has 0 aliphatic carbocycles. The standard InChI is InChI=1S/C44H49N3O3.2C2H6/c1-2-44(39-19-25-42(26-20-39)49-34-37-13-7-5-8-14-37)45-47(40-21-27-43(28-22-40)50-35-38-15-9-6-10-16-38)33-36-17-23-41(24-18-36)48-32-31-46-29-11-3-4-12-30-46;2*1-2/h5-10,13-28H,2-4,11-12,29-35H2,1H3;2*1-2H3. The lowest BCUT2D eigenvalue weighted by molar-refractivity contribution is 0.214. The van der Waals surface area contributed by atoms with Crippen LogP contribution >= 0.6 is 0 Å². The number of ether oxygens (including phenoxy) is 3. The molecule has 1 aliphatic heterocycles. The highest BCUT2D eigenvalue weighted by Crippen LogP contribution is 2.25. The van der Waals surface area contributed by atoms with Gasteiger partial charge < -0.3 is 14.2 Å². The summed E-state index contributed by atoms with van der Waals surface area (Å²) in [5, 5.41) is 7.32. The molecule has 6 heteroatoms. The molecule has 0 saturated carbocycles. The summed E-state index contributed by atoms with van der Waals surface area (Å²) in [5.74, 6) is 2.57. The van der Waals surface area contributed by atoms with Crippen LogP contribution in [0.5, 0.6) is 17.2 Å². The number of likely N-dealkylation sites (tertiary alicyclic amines) is 1. The fourth-order valence-corrected chi connectivity index (χ4v) is 6.12. The number of rotatable bonds is 16. The van der Waals surface area contributed by atoms with E-state index in [-0.39, 0.29) is 0 Å². The number of hydrogen-bond donors (Lipinski definition) is 0. The Morgan fingerprint density at radius 2 is 1.04 bits per heavy atom. The molecule has 1 heterocycles. The Morgan fingerprint density at radius 1 is 0.556 bits per heavy atom. The summed E-state index contributed by atoms with van der Waals surface area (Å²) in [6, 6.07) is 45.4. The molecule has 1 fully saturated rings. The zero-order valence-electron chi connectivity index (χ0n) is 33.3. The van der Waals surface area contributed by atoms with Crippen molar-refractivity contribution in [2.75, 3.05) is 31.3 Å². The van der Waals surface area contributed by atoms with Crippen LogP contribution in [-0.4, -0.2) is 36.9 Å². The van der Waals surface area contributed by atoms with Gasteiger partial charge in [0.1, 0.15) is 37.1 Å². The molecule has 6 rings (SSSR count). The van der Waals surface area contributed by atoms with Crippen molar-refractivity contribution in [3.8, 4) is 17.2 Å². The minimum absolute atomic E-state index is 0.527. The molecule has 1 aliphatic rings. The van der Waals surface area contributed by atoms with Crippen molar-refractivity contribution >= 4 is 11.4 Å². The Labute approximate surface area is 325 Å². The summed E-state index contributed by atoms with van der Waals surface area (Å²) in [6.45, 7) is 15.9. The summed E-state index contributed by atoms with van der Waals surface area (Å²) in [6.07, 6.45) is 6.07. The molecule has 0 N–H and O–H groups in total. The van der Waals surface area contributed by atoms with E-state index >= 15 is 0 Å². The van der Waals surface area contributed by atoms with Gasteiger partial charge in [-0.3, -0.25) is 9.91 Å². The number of hydrazone groups is 1. The predicted molar refractivity (Wildman–Crippen MR) is 227 cm³/mol. The second-order valence-corrected chi connectivity index (χ2v) is 12.8. The highest BCUT2D eigenvalue weighted by atomic mass is 16.5. The van der Waals surface area contributed by atoms with Gasteiger partial charge in [-0.15, -0.1) is 0 Å². The van der Waals surface area contributed by atoms with Gasteiger partial charge in [0.05, 0.1) is 17.9 Å². The van der Waals surface area contributed by atoms with Gasteiger partial charge in [-0.05, 0) is 115 Å². The Balaban J connectivity index is 0.00000157. The lowest BCUT2D eigenvalue weighted by Crippen LogP contribution is -2.29. The molecule has 0 radical (unpaired) electrons. The van der Waals surface area contributed by atoms with Crippen LogP contribution in [0.15, 0.2) is 139 Å². The Morgan fingerprint density at radius 3 is 1.56 bits per heavy atom. The maximum atomic E-state index is 6.15. The van der Waals surface area contributed by atoms with Gasteiger partial charge >= 0.3 is 0 Å². The predicted octanol–water partition coefficient (Wildman–Crippen LogP) is 12.0. The minimum atomic E-state index is 0.527. The van der Waals surface area contributed by atoms with Gasteiger partial charge in [-0.25, -0.2) is 0 Å². The first-order valence-corrected chi connectivity index (χ1v) is 20.0. The van der Waals surface area contributed by atoms with Crippen LogP contribution in [0.25, 0.3) is 0 Å². The first-order chi connectivity index (χ1) is 26.7. The van der Waals surface area contributed by atoms with Crippen molar-refractivity contribution in [1.82, 2.24) is 4.90 Å². The Bertz CT molecular complexity index is 1720.